The molecule has 0 aliphatic carbocycles. The van der Waals surface area contributed by atoms with Gasteiger partial charge in [0.25, 0.3) is 0 Å². The van der Waals surface area contributed by atoms with Crippen molar-refractivity contribution in [2.45, 2.75) is 51.7 Å². The van der Waals surface area contributed by atoms with E-state index in [1.165, 1.54) is 19.3 Å². The second-order valence-electron chi connectivity index (χ2n) is 7.66. The van der Waals surface area contributed by atoms with E-state index >= 15 is 0 Å². The van der Waals surface area contributed by atoms with Crippen molar-refractivity contribution in [2.24, 2.45) is 0 Å². The zero-order valence-electron chi connectivity index (χ0n) is 17.5. The second kappa shape index (κ2) is 10.0. The summed E-state index contributed by atoms with van der Waals surface area (Å²) in [6, 6.07) is 5.20. The molecular weight excluding hydrogens is 413 g/mol. The van der Waals surface area contributed by atoms with Gasteiger partial charge < -0.3 is 19.2 Å². The van der Waals surface area contributed by atoms with E-state index in [1.54, 1.807) is 14.2 Å². The lowest BCUT2D eigenvalue weighted by Gasteiger charge is -2.23. The Labute approximate surface area is 185 Å². The summed E-state index contributed by atoms with van der Waals surface area (Å²) in [5, 5.41) is 3.73. The Kier molecular flexibility index (Phi) is 8.23. The van der Waals surface area contributed by atoms with Crippen LogP contribution in [0.5, 0.6) is 11.5 Å². The summed E-state index contributed by atoms with van der Waals surface area (Å²) in [7, 11) is 3.33. The van der Waals surface area contributed by atoms with Gasteiger partial charge in [0.2, 0.25) is 5.89 Å². The van der Waals surface area contributed by atoms with Crippen LogP contribution in [0.1, 0.15) is 36.3 Å². The van der Waals surface area contributed by atoms with Gasteiger partial charge in [0.1, 0.15) is 17.3 Å². The Bertz CT molecular complexity index is 828. The van der Waals surface area contributed by atoms with Gasteiger partial charge in [-0.15, -0.1) is 24.8 Å². The lowest BCUT2D eigenvalue weighted by atomic mass is 10.1. The first-order valence-electron chi connectivity index (χ1n) is 9.75. The molecule has 0 saturated carbocycles. The average molecular weight is 444 g/mol. The topological polar surface area (TPSA) is 59.8 Å². The molecule has 1 aromatic carbocycles. The van der Waals surface area contributed by atoms with E-state index in [0.717, 1.165) is 53.7 Å². The highest BCUT2D eigenvalue weighted by Crippen LogP contribution is 2.38. The summed E-state index contributed by atoms with van der Waals surface area (Å²) in [4.78, 5) is 7.32. The smallest absolute Gasteiger partial charge is 0.230 e. The molecule has 3 heterocycles. The maximum atomic E-state index is 6.03. The van der Waals surface area contributed by atoms with Crippen LogP contribution in [0, 0.1) is 13.8 Å². The number of aromatic nitrogens is 1. The van der Waals surface area contributed by atoms with E-state index in [-0.39, 0.29) is 24.8 Å². The predicted molar refractivity (Wildman–Crippen MR) is 119 cm³/mol. The van der Waals surface area contributed by atoms with Crippen LogP contribution in [-0.4, -0.2) is 49.3 Å². The highest BCUT2D eigenvalue weighted by atomic mass is 35.5. The number of aryl methyl sites for hydroxylation is 1. The Morgan fingerprint density at radius 2 is 1.86 bits per heavy atom. The number of nitrogens with zero attached hydrogens (tertiary/aromatic N) is 2. The van der Waals surface area contributed by atoms with E-state index in [0.29, 0.717) is 18.0 Å². The third kappa shape index (κ3) is 4.82. The molecule has 0 amide bonds. The van der Waals surface area contributed by atoms with Crippen molar-refractivity contribution >= 4 is 24.8 Å². The summed E-state index contributed by atoms with van der Waals surface area (Å²) in [5.41, 5.74) is 2.82. The first-order valence-corrected chi connectivity index (χ1v) is 9.75. The van der Waals surface area contributed by atoms with Crippen molar-refractivity contribution in [3.05, 3.63) is 29.2 Å². The SMILES string of the molecule is COc1ccc(-c2nc(CN3CC[C@H]4CC[C@@H](C3)N4)c(C)o2)c(OC)c1C.Cl.Cl. The number of ether oxygens (including phenoxy) is 2. The summed E-state index contributed by atoms with van der Waals surface area (Å²) in [6.07, 6.45) is 3.82. The van der Waals surface area contributed by atoms with Crippen LogP contribution >= 0.6 is 24.8 Å². The summed E-state index contributed by atoms with van der Waals surface area (Å²) < 4.78 is 17.1. The summed E-state index contributed by atoms with van der Waals surface area (Å²) in [5.74, 6) is 3.03. The van der Waals surface area contributed by atoms with Crippen molar-refractivity contribution < 1.29 is 13.9 Å². The molecule has 2 fully saturated rings. The van der Waals surface area contributed by atoms with E-state index in [1.807, 2.05) is 26.0 Å². The number of oxazole rings is 1. The third-order valence-corrected chi connectivity index (χ3v) is 5.88. The van der Waals surface area contributed by atoms with E-state index in [4.69, 9.17) is 18.9 Å². The zero-order chi connectivity index (χ0) is 19.0. The van der Waals surface area contributed by atoms with Gasteiger partial charge in [-0.3, -0.25) is 4.90 Å². The molecule has 1 aromatic heterocycles. The van der Waals surface area contributed by atoms with Gasteiger partial charge in [0, 0.05) is 37.3 Å². The number of rotatable bonds is 5. The molecule has 4 rings (SSSR count). The van der Waals surface area contributed by atoms with Gasteiger partial charge >= 0.3 is 0 Å². The lowest BCUT2D eigenvalue weighted by molar-refractivity contribution is 0.247. The molecule has 2 aliphatic rings. The number of benzene rings is 1. The van der Waals surface area contributed by atoms with Crippen molar-refractivity contribution in [1.82, 2.24) is 15.2 Å². The fourth-order valence-corrected chi connectivity index (χ4v) is 4.39. The van der Waals surface area contributed by atoms with Crippen molar-refractivity contribution in [3.63, 3.8) is 0 Å². The summed E-state index contributed by atoms with van der Waals surface area (Å²) >= 11 is 0. The minimum absolute atomic E-state index is 0. The molecule has 162 valence electrons. The fourth-order valence-electron chi connectivity index (χ4n) is 4.39. The molecule has 2 saturated heterocycles. The lowest BCUT2D eigenvalue weighted by Crippen LogP contribution is -2.35. The van der Waals surface area contributed by atoms with E-state index in [2.05, 4.69) is 10.2 Å². The highest BCUT2D eigenvalue weighted by molar-refractivity contribution is 5.85. The number of likely N-dealkylation sites (tertiary alicyclic amines) is 1. The summed E-state index contributed by atoms with van der Waals surface area (Å²) in [6.45, 7) is 7.01. The predicted octanol–water partition coefficient (Wildman–Crippen LogP) is 4.15. The maximum Gasteiger partial charge on any atom is 0.230 e. The first kappa shape index (κ1) is 23.8. The minimum Gasteiger partial charge on any atom is -0.496 e. The van der Waals surface area contributed by atoms with Crippen LogP contribution in [-0.2, 0) is 6.54 Å². The van der Waals surface area contributed by atoms with Crippen LogP contribution in [0.3, 0.4) is 0 Å². The number of methoxy groups -OCH3 is 2. The number of fused-ring (bicyclic) bond motifs is 2. The first-order chi connectivity index (χ1) is 13.1. The molecule has 8 heteroatoms. The highest BCUT2D eigenvalue weighted by Gasteiger charge is 2.30. The Morgan fingerprint density at radius 1 is 1.10 bits per heavy atom. The number of halogens is 2. The number of hydrogen-bond acceptors (Lipinski definition) is 6. The van der Waals surface area contributed by atoms with Crippen LogP contribution in [0.15, 0.2) is 16.5 Å². The molecule has 6 nitrogen and oxygen atoms in total. The van der Waals surface area contributed by atoms with Crippen LogP contribution in [0.4, 0.5) is 0 Å². The van der Waals surface area contributed by atoms with Crippen LogP contribution in [0.25, 0.3) is 11.5 Å². The number of hydrogen-bond donors (Lipinski definition) is 1. The number of nitrogens with one attached hydrogen (secondary N) is 1. The molecule has 29 heavy (non-hydrogen) atoms. The van der Waals surface area contributed by atoms with Gasteiger partial charge in [-0.25, -0.2) is 4.98 Å². The molecular formula is C21H31Cl2N3O3. The normalized spacial score (nSPS) is 21.1. The molecule has 0 unspecified atom stereocenters. The van der Waals surface area contributed by atoms with Gasteiger partial charge in [-0.05, 0) is 45.2 Å². The largest absolute Gasteiger partial charge is 0.496 e. The van der Waals surface area contributed by atoms with Gasteiger partial charge in [-0.1, -0.05) is 0 Å². The van der Waals surface area contributed by atoms with Gasteiger partial charge in [0.15, 0.2) is 0 Å². The molecule has 2 atom stereocenters. The van der Waals surface area contributed by atoms with Gasteiger partial charge in [0.05, 0.1) is 25.5 Å². The molecule has 2 bridgehead atoms. The van der Waals surface area contributed by atoms with E-state index in [9.17, 15) is 0 Å². The Balaban J connectivity index is 0.00000150. The van der Waals surface area contributed by atoms with Crippen molar-refractivity contribution in [1.29, 1.82) is 0 Å². The maximum absolute atomic E-state index is 6.03. The average Bonchev–Trinajstić information content (AvgIpc) is 3.18. The quantitative estimate of drug-likeness (QED) is 0.748. The zero-order valence-corrected chi connectivity index (χ0v) is 19.1. The van der Waals surface area contributed by atoms with Crippen molar-refractivity contribution in [2.75, 3.05) is 27.3 Å². The molecule has 2 aliphatic heterocycles. The molecule has 0 radical (unpaired) electrons. The standard InChI is InChI=1S/C21H29N3O3.2ClH/c1-13-19(25-3)8-7-17(20(13)26-4)21-23-18(14(2)27-21)12-24-10-9-15-5-6-16(11-24)22-15;;/h7-8,15-16,22H,5-6,9-12H2,1-4H3;2*1H/t15-,16+;;/m1../s1. The molecule has 2 aromatic rings. The molecule has 1 N–H and O–H groups in total. The molecule has 0 spiro atoms. The third-order valence-electron chi connectivity index (χ3n) is 5.88. The monoisotopic (exact) mass is 443 g/mol. The minimum atomic E-state index is 0. The Hall–Kier alpha value is -1.47. The second-order valence-corrected chi connectivity index (χ2v) is 7.66. The van der Waals surface area contributed by atoms with E-state index < -0.39 is 0 Å². The van der Waals surface area contributed by atoms with Crippen LogP contribution in [0.2, 0.25) is 0 Å². The van der Waals surface area contributed by atoms with Crippen LogP contribution < -0.4 is 14.8 Å². The fraction of sp³-hybridized carbons (Fsp3) is 0.571. The van der Waals surface area contributed by atoms with Gasteiger partial charge in [-0.2, -0.15) is 0 Å². The van der Waals surface area contributed by atoms with Crippen molar-refractivity contribution in [3.8, 4) is 23.0 Å². The Morgan fingerprint density at radius 3 is 2.59 bits per heavy atom.